The summed E-state index contributed by atoms with van der Waals surface area (Å²) in [6, 6.07) is 13.4. The molecule has 0 spiro atoms. The minimum atomic E-state index is -0.0842. The van der Waals surface area contributed by atoms with Crippen LogP contribution < -0.4 is 15.5 Å². The molecule has 3 N–H and O–H groups in total. The summed E-state index contributed by atoms with van der Waals surface area (Å²) in [6.45, 7) is 7.27. The van der Waals surface area contributed by atoms with Crippen molar-refractivity contribution < 1.29 is 14.7 Å². The summed E-state index contributed by atoms with van der Waals surface area (Å²) in [5.74, 6) is 1.88. The normalized spacial score (nSPS) is 20.3. The Morgan fingerprint density at radius 2 is 1.90 bits per heavy atom. The first-order valence-electron chi connectivity index (χ1n) is 14.1. The number of aliphatic hydroxyl groups is 1. The zero-order chi connectivity index (χ0) is 27.8. The van der Waals surface area contributed by atoms with Crippen molar-refractivity contribution in [3.05, 3.63) is 70.9 Å². The van der Waals surface area contributed by atoms with Crippen LogP contribution in [0, 0.1) is 18.8 Å². The van der Waals surface area contributed by atoms with Crippen LogP contribution in [0.2, 0.25) is 0 Å². The molecule has 210 valence electrons. The molecule has 6 rings (SSSR count). The predicted molar refractivity (Wildman–Crippen MR) is 154 cm³/mol. The largest absolute Gasteiger partial charge is 0.396 e. The maximum Gasteiger partial charge on any atom is 0.317 e. The van der Waals surface area contributed by atoms with Crippen molar-refractivity contribution in [3.8, 4) is 0 Å². The zero-order valence-corrected chi connectivity index (χ0v) is 23.1. The number of aliphatic hydroxyl groups excluding tert-OH is 1. The lowest BCUT2D eigenvalue weighted by atomic mass is 10.0. The second-order valence-electron chi connectivity index (χ2n) is 11.2. The molecule has 3 heterocycles. The van der Waals surface area contributed by atoms with Gasteiger partial charge in [-0.15, -0.1) is 0 Å². The molecule has 0 bridgehead atoms. The molecular weight excluding hydrogens is 506 g/mol. The number of urea groups is 1. The second kappa shape index (κ2) is 10.9. The number of aromatic nitrogens is 2. The Bertz CT molecular complexity index is 1410. The van der Waals surface area contributed by atoms with E-state index in [4.69, 9.17) is 0 Å². The molecule has 2 aliphatic heterocycles. The molecule has 1 saturated heterocycles. The van der Waals surface area contributed by atoms with E-state index in [2.05, 4.69) is 20.6 Å². The van der Waals surface area contributed by atoms with E-state index in [0.29, 0.717) is 43.6 Å². The lowest BCUT2D eigenvalue weighted by Gasteiger charge is -2.34. The van der Waals surface area contributed by atoms with Gasteiger partial charge in [-0.25, -0.2) is 4.79 Å². The van der Waals surface area contributed by atoms with Crippen LogP contribution in [-0.2, 0) is 20.1 Å². The lowest BCUT2D eigenvalue weighted by Crippen LogP contribution is -2.52. The third kappa shape index (κ3) is 5.29. The number of carbonyl (C=O) groups is 2. The molecule has 3 aromatic rings. The summed E-state index contributed by atoms with van der Waals surface area (Å²) in [5.41, 5.74) is 5.18. The first kappa shape index (κ1) is 26.3. The van der Waals surface area contributed by atoms with E-state index in [1.54, 1.807) is 15.8 Å². The molecule has 3 aliphatic rings. The van der Waals surface area contributed by atoms with Gasteiger partial charge in [0.2, 0.25) is 0 Å². The van der Waals surface area contributed by atoms with Crippen LogP contribution in [0.4, 0.5) is 22.0 Å². The highest BCUT2D eigenvalue weighted by Crippen LogP contribution is 2.38. The van der Waals surface area contributed by atoms with E-state index in [1.165, 1.54) is 0 Å². The van der Waals surface area contributed by atoms with Gasteiger partial charge in [-0.3, -0.25) is 14.4 Å². The molecular formula is C30H37N7O3. The van der Waals surface area contributed by atoms with Crippen LogP contribution in [0.3, 0.4) is 0 Å². The SMILES string of the molecule is Cc1cc(C(=O)N2Cc3cnn(C)c3Nc3ccccc32)ccc1CNC(=O)N1CCN(CC2CC2CO)CC1. The zero-order valence-electron chi connectivity index (χ0n) is 23.1. The van der Waals surface area contributed by atoms with Gasteiger partial charge in [-0.1, -0.05) is 18.2 Å². The Morgan fingerprint density at radius 1 is 1.10 bits per heavy atom. The minimum Gasteiger partial charge on any atom is -0.396 e. The topological polar surface area (TPSA) is 106 Å². The number of nitrogens with zero attached hydrogens (tertiary/aromatic N) is 5. The maximum atomic E-state index is 13.8. The molecule has 3 amide bonds. The van der Waals surface area contributed by atoms with E-state index >= 15 is 0 Å². The molecule has 1 saturated carbocycles. The first-order chi connectivity index (χ1) is 19.4. The molecule has 1 aliphatic carbocycles. The fraction of sp³-hybridized carbons (Fsp3) is 0.433. The van der Waals surface area contributed by atoms with Crippen LogP contribution in [0.15, 0.2) is 48.7 Å². The van der Waals surface area contributed by atoms with Gasteiger partial charge in [-0.2, -0.15) is 5.10 Å². The van der Waals surface area contributed by atoms with Crippen molar-refractivity contribution in [3.63, 3.8) is 0 Å². The van der Waals surface area contributed by atoms with E-state index in [1.807, 2.05) is 61.3 Å². The number of hydrogen-bond donors (Lipinski definition) is 3. The molecule has 10 nitrogen and oxygen atoms in total. The van der Waals surface area contributed by atoms with E-state index < -0.39 is 0 Å². The fourth-order valence-corrected chi connectivity index (χ4v) is 5.83. The number of hydrogen-bond acceptors (Lipinski definition) is 6. The number of aryl methyl sites for hydroxylation is 2. The molecule has 2 fully saturated rings. The van der Waals surface area contributed by atoms with E-state index in [0.717, 1.165) is 59.9 Å². The van der Waals surface area contributed by atoms with E-state index in [9.17, 15) is 14.7 Å². The number of fused-ring (bicyclic) bond motifs is 2. The van der Waals surface area contributed by atoms with Crippen LogP contribution in [-0.4, -0.2) is 76.0 Å². The van der Waals surface area contributed by atoms with Gasteiger partial charge in [0.1, 0.15) is 5.82 Å². The number of nitrogens with one attached hydrogen (secondary N) is 2. The van der Waals surface area contributed by atoms with Gasteiger partial charge in [0.25, 0.3) is 5.91 Å². The number of para-hydroxylation sites is 2. The van der Waals surface area contributed by atoms with Crippen molar-refractivity contribution >= 4 is 29.1 Å². The quantitative estimate of drug-likeness (QED) is 0.441. The summed E-state index contributed by atoms with van der Waals surface area (Å²) < 4.78 is 1.79. The number of amides is 3. The average molecular weight is 544 g/mol. The number of rotatable bonds is 6. The van der Waals surface area contributed by atoms with Crippen LogP contribution in [0.5, 0.6) is 0 Å². The summed E-state index contributed by atoms with van der Waals surface area (Å²) in [7, 11) is 1.88. The van der Waals surface area contributed by atoms with E-state index in [-0.39, 0.29) is 18.5 Å². The highest BCUT2D eigenvalue weighted by atomic mass is 16.3. The van der Waals surface area contributed by atoms with Gasteiger partial charge >= 0.3 is 6.03 Å². The predicted octanol–water partition coefficient (Wildman–Crippen LogP) is 3.09. The third-order valence-corrected chi connectivity index (χ3v) is 8.51. The van der Waals surface area contributed by atoms with Crippen molar-refractivity contribution in [2.75, 3.05) is 49.5 Å². The fourth-order valence-electron chi connectivity index (χ4n) is 5.83. The average Bonchev–Trinajstić information content (AvgIpc) is 3.68. The number of piperazine rings is 1. The monoisotopic (exact) mass is 543 g/mol. The standard InChI is InChI=1S/C30H37N7O3/c1-20-13-21(29(39)37-18-25-16-32-34(2)28(25)33-26-5-3-4-6-27(26)37)7-8-22(20)15-31-30(40)36-11-9-35(10-12-36)17-23-14-24(23)19-38/h3-8,13,16,23-24,33,38H,9-12,14-15,17-19H2,1-2H3,(H,31,40). The van der Waals surface area contributed by atoms with Gasteiger partial charge in [0.05, 0.1) is 24.1 Å². The van der Waals surface area contributed by atoms with Gasteiger partial charge in [0.15, 0.2) is 0 Å². The molecule has 2 aromatic carbocycles. The van der Waals surface area contributed by atoms with Gasteiger partial charge in [-0.05, 0) is 60.6 Å². The van der Waals surface area contributed by atoms with Gasteiger partial charge < -0.3 is 25.5 Å². The highest BCUT2D eigenvalue weighted by Gasteiger charge is 2.38. The lowest BCUT2D eigenvalue weighted by molar-refractivity contribution is 0.0985. The summed E-state index contributed by atoms with van der Waals surface area (Å²) in [5, 5.41) is 20.1. The number of benzene rings is 2. The molecule has 40 heavy (non-hydrogen) atoms. The molecule has 1 aromatic heterocycles. The minimum absolute atomic E-state index is 0.0557. The van der Waals surface area contributed by atoms with Crippen LogP contribution >= 0.6 is 0 Å². The van der Waals surface area contributed by atoms with Crippen molar-refractivity contribution in [1.29, 1.82) is 0 Å². The van der Waals surface area contributed by atoms with Crippen molar-refractivity contribution in [2.45, 2.75) is 26.4 Å². The molecule has 2 unspecified atom stereocenters. The first-order valence-corrected chi connectivity index (χ1v) is 14.1. The Morgan fingerprint density at radius 3 is 2.65 bits per heavy atom. The number of anilines is 3. The van der Waals surface area contributed by atoms with Crippen LogP contribution in [0.1, 0.15) is 33.5 Å². The smallest absolute Gasteiger partial charge is 0.317 e. The molecule has 0 radical (unpaired) electrons. The molecule has 10 heteroatoms. The summed E-state index contributed by atoms with van der Waals surface area (Å²) in [4.78, 5) is 32.7. The van der Waals surface area contributed by atoms with Crippen molar-refractivity contribution in [1.82, 2.24) is 24.9 Å². The Balaban J connectivity index is 1.08. The highest BCUT2D eigenvalue weighted by molar-refractivity contribution is 6.08. The maximum absolute atomic E-state index is 13.8. The Hall–Kier alpha value is -3.89. The Labute approximate surface area is 234 Å². The van der Waals surface area contributed by atoms with Crippen LogP contribution in [0.25, 0.3) is 0 Å². The molecule has 2 atom stereocenters. The number of carbonyl (C=O) groups excluding carboxylic acids is 2. The Kier molecular flexibility index (Phi) is 7.20. The third-order valence-electron chi connectivity index (χ3n) is 8.51. The van der Waals surface area contributed by atoms with Crippen molar-refractivity contribution in [2.24, 2.45) is 18.9 Å². The second-order valence-corrected chi connectivity index (χ2v) is 11.2. The summed E-state index contributed by atoms with van der Waals surface area (Å²) in [6.07, 6.45) is 2.92. The summed E-state index contributed by atoms with van der Waals surface area (Å²) >= 11 is 0. The van der Waals surface area contributed by atoms with Gasteiger partial charge in [0, 0.05) is 64.0 Å².